The lowest BCUT2D eigenvalue weighted by molar-refractivity contribution is -0.118. The standard InChI is InChI=1S/C15H22N2O2/c1-12(2)16-9-8-15(18)17-10-5-11-19-14-7-4-3-6-13(14)17/h3-4,6-7,12,16H,5,8-11H2,1-2H3. The van der Waals surface area contributed by atoms with Gasteiger partial charge in [0.05, 0.1) is 12.3 Å². The molecule has 0 aromatic heterocycles. The number of carbonyl (C=O) groups excluding carboxylic acids is 1. The molecule has 19 heavy (non-hydrogen) atoms. The summed E-state index contributed by atoms with van der Waals surface area (Å²) in [6, 6.07) is 8.17. The SMILES string of the molecule is CC(C)NCCC(=O)N1CCCOc2ccccc21. The number of para-hydroxylation sites is 2. The van der Waals surface area contributed by atoms with Gasteiger partial charge >= 0.3 is 0 Å². The van der Waals surface area contributed by atoms with Gasteiger partial charge in [-0.1, -0.05) is 26.0 Å². The number of amides is 1. The van der Waals surface area contributed by atoms with Crippen molar-refractivity contribution in [2.45, 2.75) is 32.7 Å². The number of benzene rings is 1. The van der Waals surface area contributed by atoms with E-state index >= 15 is 0 Å². The molecule has 0 unspecified atom stereocenters. The fourth-order valence-corrected chi connectivity index (χ4v) is 2.19. The maximum Gasteiger partial charge on any atom is 0.228 e. The molecule has 4 nitrogen and oxygen atoms in total. The van der Waals surface area contributed by atoms with E-state index < -0.39 is 0 Å². The van der Waals surface area contributed by atoms with Crippen molar-refractivity contribution >= 4 is 11.6 Å². The van der Waals surface area contributed by atoms with Crippen molar-refractivity contribution in [3.8, 4) is 5.75 Å². The monoisotopic (exact) mass is 262 g/mol. The van der Waals surface area contributed by atoms with Crippen LogP contribution in [-0.2, 0) is 4.79 Å². The lowest BCUT2D eigenvalue weighted by Gasteiger charge is -2.22. The highest BCUT2D eigenvalue weighted by Gasteiger charge is 2.21. The molecule has 0 atom stereocenters. The van der Waals surface area contributed by atoms with Crippen molar-refractivity contribution in [1.29, 1.82) is 0 Å². The van der Waals surface area contributed by atoms with Gasteiger partial charge in [0.1, 0.15) is 5.75 Å². The first-order valence-electron chi connectivity index (χ1n) is 6.94. The summed E-state index contributed by atoms with van der Waals surface area (Å²) in [5.41, 5.74) is 0.898. The first kappa shape index (κ1) is 13.9. The van der Waals surface area contributed by atoms with Crippen molar-refractivity contribution in [2.24, 2.45) is 0 Å². The Morgan fingerprint density at radius 1 is 1.42 bits per heavy atom. The molecule has 1 aromatic rings. The Balaban J connectivity index is 2.04. The third-order valence-corrected chi connectivity index (χ3v) is 3.13. The molecule has 0 radical (unpaired) electrons. The summed E-state index contributed by atoms with van der Waals surface area (Å²) in [4.78, 5) is 14.2. The predicted molar refractivity (Wildman–Crippen MR) is 76.7 cm³/mol. The van der Waals surface area contributed by atoms with Crippen LogP contribution < -0.4 is 15.0 Å². The number of nitrogens with zero attached hydrogens (tertiary/aromatic N) is 1. The maximum absolute atomic E-state index is 12.3. The number of carbonyl (C=O) groups is 1. The minimum absolute atomic E-state index is 0.158. The Morgan fingerprint density at radius 3 is 3.00 bits per heavy atom. The van der Waals surface area contributed by atoms with Gasteiger partial charge in [-0.05, 0) is 18.6 Å². The maximum atomic E-state index is 12.3. The highest BCUT2D eigenvalue weighted by molar-refractivity contribution is 5.95. The molecule has 0 spiro atoms. The highest BCUT2D eigenvalue weighted by Crippen LogP contribution is 2.30. The van der Waals surface area contributed by atoms with Gasteiger partial charge in [0.15, 0.2) is 0 Å². The Hall–Kier alpha value is -1.55. The fourth-order valence-electron chi connectivity index (χ4n) is 2.19. The van der Waals surface area contributed by atoms with E-state index in [1.807, 2.05) is 29.2 Å². The molecular weight excluding hydrogens is 240 g/mol. The van der Waals surface area contributed by atoms with Crippen LogP contribution in [0.4, 0.5) is 5.69 Å². The number of fused-ring (bicyclic) bond motifs is 1. The molecule has 4 heteroatoms. The predicted octanol–water partition coefficient (Wildman–Crippen LogP) is 2.19. The lowest BCUT2D eigenvalue weighted by Crippen LogP contribution is -2.35. The van der Waals surface area contributed by atoms with Crippen molar-refractivity contribution in [2.75, 3.05) is 24.6 Å². The van der Waals surface area contributed by atoms with Crippen molar-refractivity contribution in [1.82, 2.24) is 5.32 Å². The number of nitrogens with one attached hydrogen (secondary N) is 1. The van der Waals surface area contributed by atoms with Gasteiger partial charge in [-0.15, -0.1) is 0 Å². The van der Waals surface area contributed by atoms with E-state index in [0.717, 1.165) is 30.9 Å². The fraction of sp³-hybridized carbons (Fsp3) is 0.533. The minimum Gasteiger partial charge on any atom is -0.491 e. The quantitative estimate of drug-likeness (QED) is 0.904. The molecule has 1 amide bonds. The van der Waals surface area contributed by atoms with Crippen molar-refractivity contribution < 1.29 is 9.53 Å². The smallest absolute Gasteiger partial charge is 0.228 e. The molecule has 1 heterocycles. The van der Waals surface area contributed by atoms with Gasteiger partial charge < -0.3 is 15.0 Å². The second kappa shape index (κ2) is 6.57. The van der Waals surface area contributed by atoms with Crippen molar-refractivity contribution in [3.63, 3.8) is 0 Å². The average Bonchev–Trinajstić information content (AvgIpc) is 2.60. The molecule has 0 saturated carbocycles. The van der Waals surface area contributed by atoms with Crippen LogP contribution in [0.15, 0.2) is 24.3 Å². The Labute approximate surface area is 114 Å². The summed E-state index contributed by atoms with van der Waals surface area (Å²) < 4.78 is 5.66. The third-order valence-electron chi connectivity index (χ3n) is 3.13. The molecule has 1 aliphatic rings. The zero-order valence-corrected chi connectivity index (χ0v) is 11.7. The van der Waals surface area contributed by atoms with Crippen LogP contribution in [0.25, 0.3) is 0 Å². The average molecular weight is 262 g/mol. The summed E-state index contributed by atoms with van der Waals surface area (Å²) in [5.74, 6) is 0.969. The molecule has 0 saturated heterocycles. The molecule has 1 N–H and O–H groups in total. The number of hydrogen-bond donors (Lipinski definition) is 1. The van der Waals surface area contributed by atoms with Crippen LogP contribution >= 0.6 is 0 Å². The normalized spacial score (nSPS) is 14.8. The van der Waals surface area contributed by atoms with Crippen LogP contribution in [0.5, 0.6) is 5.75 Å². The van der Waals surface area contributed by atoms with E-state index in [4.69, 9.17) is 4.74 Å². The van der Waals surface area contributed by atoms with E-state index in [-0.39, 0.29) is 5.91 Å². The zero-order valence-electron chi connectivity index (χ0n) is 11.7. The van der Waals surface area contributed by atoms with Gasteiger partial charge in [-0.2, -0.15) is 0 Å². The molecule has 1 aliphatic heterocycles. The topological polar surface area (TPSA) is 41.6 Å². The van der Waals surface area contributed by atoms with Gasteiger partial charge in [0.2, 0.25) is 5.91 Å². The van der Waals surface area contributed by atoms with Gasteiger partial charge in [0, 0.05) is 25.6 Å². The first-order valence-corrected chi connectivity index (χ1v) is 6.94. The summed E-state index contributed by atoms with van der Waals surface area (Å²) in [6.07, 6.45) is 1.39. The Kier molecular flexibility index (Phi) is 4.80. The summed E-state index contributed by atoms with van der Waals surface area (Å²) in [7, 11) is 0. The molecule has 0 aliphatic carbocycles. The highest BCUT2D eigenvalue weighted by atomic mass is 16.5. The Bertz CT molecular complexity index is 432. The third kappa shape index (κ3) is 3.70. The number of anilines is 1. The summed E-state index contributed by atoms with van der Waals surface area (Å²) in [5, 5.41) is 3.28. The van der Waals surface area contributed by atoms with Crippen LogP contribution in [0.3, 0.4) is 0 Å². The van der Waals surface area contributed by atoms with Gasteiger partial charge in [-0.3, -0.25) is 4.79 Å². The molecule has 2 rings (SSSR count). The van der Waals surface area contributed by atoms with E-state index in [2.05, 4.69) is 19.2 Å². The molecule has 0 bridgehead atoms. The molecular formula is C15H22N2O2. The molecule has 0 fully saturated rings. The zero-order chi connectivity index (χ0) is 13.7. The number of hydrogen-bond acceptors (Lipinski definition) is 3. The number of ether oxygens (including phenoxy) is 1. The first-order chi connectivity index (χ1) is 9.18. The summed E-state index contributed by atoms with van der Waals surface area (Å²) in [6.45, 7) is 6.29. The van der Waals surface area contributed by atoms with Gasteiger partial charge in [-0.25, -0.2) is 0 Å². The molecule has 104 valence electrons. The summed E-state index contributed by atoms with van der Waals surface area (Å²) >= 11 is 0. The van der Waals surface area contributed by atoms with Crippen LogP contribution in [0, 0.1) is 0 Å². The Morgan fingerprint density at radius 2 is 2.21 bits per heavy atom. The van der Waals surface area contributed by atoms with Crippen LogP contribution in [-0.4, -0.2) is 31.6 Å². The van der Waals surface area contributed by atoms with Crippen molar-refractivity contribution in [3.05, 3.63) is 24.3 Å². The second-order valence-corrected chi connectivity index (χ2v) is 5.07. The molecule has 1 aromatic carbocycles. The van der Waals surface area contributed by atoms with E-state index in [1.54, 1.807) is 0 Å². The van der Waals surface area contributed by atoms with E-state index in [1.165, 1.54) is 0 Å². The lowest BCUT2D eigenvalue weighted by atomic mass is 10.2. The van der Waals surface area contributed by atoms with Crippen LogP contribution in [0.2, 0.25) is 0 Å². The largest absolute Gasteiger partial charge is 0.491 e. The van der Waals surface area contributed by atoms with E-state index in [0.29, 0.717) is 19.1 Å². The van der Waals surface area contributed by atoms with Gasteiger partial charge in [0.25, 0.3) is 0 Å². The second-order valence-electron chi connectivity index (χ2n) is 5.07. The number of rotatable bonds is 4. The van der Waals surface area contributed by atoms with E-state index in [9.17, 15) is 4.79 Å². The minimum atomic E-state index is 0.158. The van der Waals surface area contributed by atoms with Crippen LogP contribution in [0.1, 0.15) is 26.7 Å².